The van der Waals surface area contributed by atoms with E-state index < -0.39 is 0 Å². The molecule has 0 spiro atoms. The molecule has 6 N–H and O–H groups in total. The summed E-state index contributed by atoms with van der Waals surface area (Å²) in [5, 5.41) is 23.0. The summed E-state index contributed by atoms with van der Waals surface area (Å²) in [6, 6.07) is 0. The minimum Gasteiger partial charge on any atom is -0.325 e. The minimum absolute atomic E-state index is 0.453. The highest BCUT2D eigenvalue weighted by Gasteiger charge is 1.99. The zero-order chi connectivity index (χ0) is 22.7. The van der Waals surface area contributed by atoms with Gasteiger partial charge in [0, 0.05) is 38.6 Å². The molecule has 0 fully saturated rings. The maximum Gasteiger partial charge on any atom is 0.0962 e. The summed E-state index contributed by atoms with van der Waals surface area (Å²) in [4.78, 5) is 0. The molecule has 0 aliphatic heterocycles. The summed E-state index contributed by atoms with van der Waals surface area (Å²) in [7, 11) is 0. The Morgan fingerprint density at radius 2 is 0.938 bits per heavy atom. The van der Waals surface area contributed by atoms with Crippen LogP contribution in [-0.4, -0.2) is 56.2 Å². The van der Waals surface area contributed by atoms with E-state index in [2.05, 4.69) is 31.3 Å². The molecule has 2 aromatic heterocycles. The van der Waals surface area contributed by atoms with E-state index >= 15 is 0 Å². The number of aromatic nitrogens is 6. The van der Waals surface area contributed by atoms with Crippen LogP contribution in [0.2, 0.25) is 0 Å². The molecule has 0 aliphatic carbocycles. The highest BCUT2D eigenvalue weighted by Crippen LogP contribution is 2.10. The monoisotopic (exact) mass is 448 g/mol. The Morgan fingerprint density at radius 1 is 0.562 bits per heavy atom. The number of hydrogen-bond donors (Lipinski definition) is 4. The SMILES string of the molecule is NCc1cn(CCNCCCCCCCCCCCCNCCn2cc(CN)nn2)nn1. The molecule has 0 amide bonds. The Hall–Kier alpha value is -1.88. The number of hydrogen-bond acceptors (Lipinski definition) is 8. The summed E-state index contributed by atoms with van der Waals surface area (Å²) in [6.07, 6.45) is 17.2. The molecule has 10 nitrogen and oxygen atoms in total. The van der Waals surface area contributed by atoms with Crippen molar-refractivity contribution in [2.75, 3.05) is 26.2 Å². The Morgan fingerprint density at radius 3 is 1.28 bits per heavy atom. The van der Waals surface area contributed by atoms with E-state index in [9.17, 15) is 0 Å². The molecular formula is C22H44N10. The van der Waals surface area contributed by atoms with E-state index in [0.717, 1.165) is 50.7 Å². The van der Waals surface area contributed by atoms with Gasteiger partial charge in [0.05, 0.1) is 24.5 Å². The third-order valence-corrected chi connectivity index (χ3v) is 5.58. The minimum atomic E-state index is 0.453. The highest BCUT2D eigenvalue weighted by molar-refractivity contribution is 4.90. The van der Waals surface area contributed by atoms with Crippen molar-refractivity contribution in [3.05, 3.63) is 23.8 Å². The maximum absolute atomic E-state index is 5.54. The van der Waals surface area contributed by atoms with Gasteiger partial charge in [-0.25, -0.2) is 0 Å². The Balaban J connectivity index is 1.24. The number of nitrogens with two attached hydrogens (primary N) is 2. The number of rotatable bonds is 21. The van der Waals surface area contributed by atoms with E-state index in [1.165, 1.54) is 64.2 Å². The van der Waals surface area contributed by atoms with Gasteiger partial charge >= 0.3 is 0 Å². The average molecular weight is 449 g/mol. The molecule has 2 heterocycles. The summed E-state index contributed by atoms with van der Waals surface area (Å²) in [6.45, 7) is 6.63. The number of unbranched alkanes of at least 4 members (excludes halogenated alkanes) is 9. The second-order valence-electron chi connectivity index (χ2n) is 8.39. The van der Waals surface area contributed by atoms with Gasteiger partial charge in [0.25, 0.3) is 0 Å². The first-order valence-electron chi connectivity index (χ1n) is 12.4. The molecule has 0 bridgehead atoms. The Labute approximate surface area is 192 Å². The molecule has 0 atom stereocenters. The smallest absolute Gasteiger partial charge is 0.0962 e. The van der Waals surface area contributed by atoms with Crippen LogP contribution in [0.5, 0.6) is 0 Å². The average Bonchev–Trinajstić information content (AvgIpc) is 3.47. The quantitative estimate of drug-likeness (QED) is 0.211. The van der Waals surface area contributed by atoms with Crippen LogP contribution < -0.4 is 22.1 Å². The standard InChI is InChI=1S/C22H44N10/c23-17-21-19-31(29-27-21)15-13-25-11-9-7-5-3-1-2-4-6-8-10-12-26-14-16-32-20-22(18-24)28-30-32/h19-20,25-26H,1-18,23-24H2. The topological polar surface area (TPSA) is 138 Å². The van der Waals surface area contributed by atoms with Gasteiger partial charge in [0.1, 0.15) is 0 Å². The van der Waals surface area contributed by atoms with Crippen molar-refractivity contribution >= 4 is 0 Å². The fraction of sp³-hybridized carbons (Fsp3) is 0.818. The van der Waals surface area contributed by atoms with Crippen molar-refractivity contribution in [3.8, 4) is 0 Å². The van der Waals surface area contributed by atoms with Crippen molar-refractivity contribution in [3.63, 3.8) is 0 Å². The lowest BCUT2D eigenvalue weighted by Gasteiger charge is -2.06. The fourth-order valence-corrected chi connectivity index (χ4v) is 3.63. The third kappa shape index (κ3) is 12.2. The van der Waals surface area contributed by atoms with Crippen LogP contribution in [0.25, 0.3) is 0 Å². The van der Waals surface area contributed by atoms with Crippen LogP contribution in [0.4, 0.5) is 0 Å². The Kier molecular flexibility index (Phi) is 14.5. The largest absolute Gasteiger partial charge is 0.325 e. The normalized spacial score (nSPS) is 11.4. The molecular weight excluding hydrogens is 404 g/mol. The van der Waals surface area contributed by atoms with Crippen molar-refractivity contribution in [2.45, 2.75) is 90.4 Å². The molecule has 2 rings (SSSR count). The maximum atomic E-state index is 5.54. The van der Waals surface area contributed by atoms with E-state index in [1.807, 2.05) is 21.8 Å². The molecule has 0 unspecified atom stereocenters. The lowest BCUT2D eigenvalue weighted by molar-refractivity contribution is 0.507. The zero-order valence-corrected chi connectivity index (χ0v) is 19.7. The molecule has 0 aromatic carbocycles. The van der Waals surface area contributed by atoms with Crippen molar-refractivity contribution in [1.29, 1.82) is 0 Å². The summed E-state index contributed by atoms with van der Waals surface area (Å²) in [5.74, 6) is 0. The van der Waals surface area contributed by atoms with Crippen LogP contribution >= 0.6 is 0 Å². The van der Waals surface area contributed by atoms with Gasteiger partial charge in [-0.1, -0.05) is 61.8 Å². The van der Waals surface area contributed by atoms with Gasteiger partial charge in [-0.3, -0.25) is 9.36 Å². The molecule has 0 radical (unpaired) electrons. The van der Waals surface area contributed by atoms with Gasteiger partial charge in [-0.05, 0) is 25.9 Å². The molecule has 10 heteroatoms. The van der Waals surface area contributed by atoms with Crippen molar-refractivity contribution in [2.24, 2.45) is 11.5 Å². The van der Waals surface area contributed by atoms with Gasteiger partial charge in [-0.15, -0.1) is 10.2 Å². The Bertz CT molecular complexity index is 626. The number of nitrogens with zero attached hydrogens (tertiary/aromatic N) is 6. The molecule has 182 valence electrons. The first kappa shape index (κ1) is 26.4. The van der Waals surface area contributed by atoms with E-state index in [0.29, 0.717) is 13.1 Å². The fourth-order valence-electron chi connectivity index (χ4n) is 3.63. The third-order valence-electron chi connectivity index (χ3n) is 5.58. The van der Waals surface area contributed by atoms with Crippen LogP contribution in [0, 0.1) is 0 Å². The molecule has 2 aromatic rings. The predicted molar refractivity (Wildman–Crippen MR) is 128 cm³/mol. The number of nitrogens with one attached hydrogen (secondary N) is 2. The van der Waals surface area contributed by atoms with E-state index in [4.69, 9.17) is 11.5 Å². The molecule has 0 saturated carbocycles. The molecule has 32 heavy (non-hydrogen) atoms. The lowest BCUT2D eigenvalue weighted by Crippen LogP contribution is -2.21. The van der Waals surface area contributed by atoms with E-state index in [-0.39, 0.29) is 0 Å². The van der Waals surface area contributed by atoms with Crippen LogP contribution in [0.1, 0.15) is 75.6 Å². The van der Waals surface area contributed by atoms with Crippen LogP contribution in [-0.2, 0) is 26.2 Å². The summed E-state index contributed by atoms with van der Waals surface area (Å²) >= 11 is 0. The van der Waals surface area contributed by atoms with Gasteiger partial charge in [0.2, 0.25) is 0 Å². The molecule has 0 aliphatic rings. The van der Waals surface area contributed by atoms with Gasteiger partial charge in [0.15, 0.2) is 0 Å². The van der Waals surface area contributed by atoms with Crippen LogP contribution in [0.15, 0.2) is 12.4 Å². The summed E-state index contributed by atoms with van der Waals surface area (Å²) in [5.41, 5.74) is 12.8. The first-order chi connectivity index (χ1) is 15.8. The van der Waals surface area contributed by atoms with Gasteiger partial charge in [-0.2, -0.15) is 0 Å². The van der Waals surface area contributed by atoms with Crippen molar-refractivity contribution < 1.29 is 0 Å². The zero-order valence-electron chi connectivity index (χ0n) is 19.7. The first-order valence-corrected chi connectivity index (χ1v) is 12.4. The van der Waals surface area contributed by atoms with E-state index in [1.54, 1.807) is 0 Å². The van der Waals surface area contributed by atoms with Crippen LogP contribution in [0.3, 0.4) is 0 Å². The second kappa shape index (κ2) is 17.6. The second-order valence-corrected chi connectivity index (χ2v) is 8.39. The predicted octanol–water partition coefficient (Wildman–Crippen LogP) is 1.57. The highest BCUT2D eigenvalue weighted by atomic mass is 15.4. The summed E-state index contributed by atoms with van der Waals surface area (Å²) < 4.78 is 3.70. The van der Waals surface area contributed by atoms with Crippen molar-refractivity contribution in [1.82, 2.24) is 40.6 Å². The molecule has 0 saturated heterocycles. The van der Waals surface area contributed by atoms with Gasteiger partial charge < -0.3 is 22.1 Å². The lowest BCUT2D eigenvalue weighted by atomic mass is 10.1.